The topological polar surface area (TPSA) is 50.4 Å². The molecule has 4 nitrogen and oxygen atoms in total. The molecule has 0 saturated heterocycles. The highest BCUT2D eigenvalue weighted by Gasteiger charge is 2.13. The van der Waals surface area contributed by atoms with Crippen molar-refractivity contribution in [1.29, 1.82) is 0 Å². The summed E-state index contributed by atoms with van der Waals surface area (Å²) in [6, 6.07) is 16.9. The molecule has 21 heavy (non-hydrogen) atoms. The number of benzene rings is 2. The molecule has 0 saturated carbocycles. The number of carbonyl (C=O) groups excluding carboxylic acids is 1. The molecule has 0 aliphatic heterocycles. The van der Waals surface area contributed by atoms with E-state index in [-0.39, 0.29) is 11.9 Å². The average Bonchev–Trinajstić information content (AvgIpc) is 2.53. The molecule has 0 radical (unpaired) electrons. The van der Waals surface area contributed by atoms with Gasteiger partial charge in [0.15, 0.2) is 0 Å². The van der Waals surface area contributed by atoms with Gasteiger partial charge >= 0.3 is 0 Å². The largest absolute Gasteiger partial charge is 0.496 e. The summed E-state index contributed by atoms with van der Waals surface area (Å²) in [7, 11) is 1.64. The molecular weight excluding hydrogens is 264 g/mol. The molecule has 1 unspecified atom stereocenters. The Morgan fingerprint density at radius 3 is 2.48 bits per heavy atom. The van der Waals surface area contributed by atoms with Crippen LogP contribution in [0.25, 0.3) is 0 Å². The lowest BCUT2D eigenvalue weighted by Crippen LogP contribution is -2.37. The molecule has 1 amide bonds. The highest BCUT2D eigenvalue weighted by molar-refractivity contribution is 5.94. The SMILES string of the molecule is COc1ccccc1CNC(C)C(=O)Nc1ccccc1. The van der Waals surface area contributed by atoms with E-state index in [1.807, 2.05) is 61.5 Å². The normalized spacial score (nSPS) is 11.7. The molecule has 0 aromatic heterocycles. The van der Waals surface area contributed by atoms with E-state index in [1.54, 1.807) is 7.11 Å². The number of amides is 1. The molecule has 2 aromatic rings. The third-order valence-electron chi connectivity index (χ3n) is 3.23. The van der Waals surface area contributed by atoms with Gasteiger partial charge < -0.3 is 15.4 Å². The van der Waals surface area contributed by atoms with E-state index in [0.717, 1.165) is 17.0 Å². The number of anilines is 1. The quantitative estimate of drug-likeness (QED) is 0.857. The van der Waals surface area contributed by atoms with E-state index in [4.69, 9.17) is 4.74 Å². The number of nitrogens with one attached hydrogen (secondary N) is 2. The number of methoxy groups -OCH3 is 1. The van der Waals surface area contributed by atoms with Crippen molar-refractivity contribution >= 4 is 11.6 Å². The third kappa shape index (κ3) is 4.33. The van der Waals surface area contributed by atoms with Crippen molar-refractivity contribution in [3.05, 3.63) is 60.2 Å². The monoisotopic (exact) mass is 284 g/mol. The van der Waals surface area contributed by atoms with Crippen LogP contribution in [0.15, 0.2) is 54.6 Å². The summed E-state index contributed by atoms with van der Waals surface area (Å²) in [6.45, 7) is 2.42. The van der Waals surface area contributed by atoms with Crippen molar-refractivity contribution in [2.75, 3.05) is 12.4 Å². The van der Waals surface area contributed by atoms with Gasteiger partial charge in [-0.1, -0.05) is 36.4 Å². The highest BCUT2D eigenvalue weighted by Crippen LogP contribution is 2.17. The molecule has 2 aromatic carbocycles. The summed E-state index contributed by atoms with van der Waals surface area (Å²) in [5.74, 6) is 0.761. The summed E-state index contributed by atoms with van der Waals surface area (Å²) in [6.07, 6.45) is 0. The van der Waals surface area contributed by atoms with Crippen molar-refractivity contribution in [2.24, 2.45) is 0 Å². The number of ether oxygens (including phenoxy) is 1. The molecule has 0 bridgehead atoms. The van der Waals surface area contributed by atoms with Crippen LogP contribution in [0.1, 0.15) is 12.5 Å². The second kappa shape index (κ2) is 7.45. The van der Waals surface area contributed by atoms with Gasteiger partial charge in [0.1, 0.15) is 5.75 Å². The van der Waals surface area contributed by atoms with E-state index < -0.39 is 0 Å². The summed E-state index contributed by atoms with van der Waals surface area (Å²) >= 11 is 0. The van der Waals surface area contributed by atoms with Crippen molar-refractivity contribution in [1.82, 2.24) is 5.32 Å². The van der Waals surface area contributed by atoms with Gasteiger partial charge in [0, 0.05) is 17.8 Å². The van der Waals surface area contributed by atoms with Gasteiger partial charge in [-0.3, -0.25) is 4.79 Å². The van der Waals surface area contributed by atoms with Crippen LogP contribution in [0.2, 0.25) is 0 Å². The minimum absolute atomic E-state index is 0.0592. The van der Waals surface area contributed by atoms with E-state index in [0.29, 0.717) is 6.54 Å². The molecule has 1 atom stereocenters. The molecule has 0 fully saturated rings. The Labute approximate surface area is 125 Å². The Bertz CT molecular complexity index is 584. The first-order chi connectivity index (χ1) is 10.2. The summed E-state index contributed by atoms with van der Waals surface area (Å²) in [5, 5.41) is 6.08. The van der Waals surface area contributed by atoms with E-state index in [2.05, 4.69) is 10.6 Å². The Morgan fingerprint density at radius 1 is 1.10 bits per heavy atom. The zero-order valence-electron chi connectivity index (χ0n) is 12.3. The maximum absolute atomic E-state index is 12.1. The van der Waals surface area contributed by atoms with Crippen LogP contribution in [0.3, 0.4) is 0 Å². The first-order valence-electron chi connectivity index (χ1n) is 6.92. The van der Waals surface area contributed by atoms with E-state index in [1.165, 1.54) is 0 Å². The minimum atomic E-state index is -0.296. The highest BCUT2D eigenvalue weighted by atomic mass is 16.5. The Hall–Kier alpha value is -2.33. The predicted molar refractivity (Wildman–Crippen MR) is 84.4 cm³/mol. The maximum Gasteiger partial charge on any atom is 0.241 e. The number of rotatable bonds is 6. The molecule has 0 aliphatic rings. The lowest BCUT2D eigenvalue weighted by molar-refractivity contribution is -0.117. The van der Waals surface area contributed by atoms with Gasteiger partial charge in [-0.2, -0.15) is 0 Å². The van der Waals surface area contributed by atoms with Crippen molar-refractivity contribution in [3.8, 4) is 5.75 Å². The van der Waals surface area contributed by atoms with Crippen LogP contribution >= 0.6 is 0 Å². The van der Waals surface area contributed by atoms with Crippen LogP contribution in [0.4, 0.5) is 5.69 Å². The van der Waals surface area contributed by atoms with Crippen molar-refractivity contribution < 1.29 is 9.53 Å². The standard InChI is InChI=1S/C17H20N2O2/c1-13(17(20)19-15-9-4-3-5-10-15)18-12-14-8-6-7-11-16(14)21-2/h3-11,13,18H,12H2,1-2H3,(H,19,20). The zero-order chi connectivity index (χ0) is 15.1. The van der Waals surface area contributed by atoms with Gasteiger partial charge in [-0.05, 0) is 25.1 Å². The van der Waals surface area contributed by atoms with E-state index in [9.17, 15) is 4.79 Å². The Kier molecular flexibility index (Phi) is 5.35. The molecule has 2 N–H and O–H groups in total. The molecule has 0 spiro atoms. The second-order valence-corrected chi connectivity index (χ2v) is 4.77. The van der Waals surface area contributed by atoms with Crippen LogP contribution in [0.5, 0.6) is 5.75 Å². The third-order valence-corrected chi connectivity index (χ3v) is 3.23. The fraction of sp³-hybridized carbons (Fsp3) is 0.235. The van der Waals surface area contributed by atoms with Crippen LogP contribution in [-0.4, -0.2) is 19.1 Å². The average molecular weight is 284 g/mol. The summed E-state index contributed by atoms with van der Waals surface area (Å²) < 4.78 is 5.29. The minimum Gasteiger partial charge on any atom is -0.496 e. The van der Waals surface area contributed by atoms with Gasteiger partial charge in [0.2, 0.25) is 5.91 Å². The van der Waals surface area contributed by atoms with Gasteiger partial charge in [0.05, 0.1) is 13.2 Å². The fourth-order valence-electron chi connectivity index (χ4n) is 1.98. The van der Waals surface area contributed by atoms with Gasteiger partial charge in [-0.25, -0.2) is 0 Å². The lowest BCUT2D eigenvalue weighted by Gasteiger charge is -2.15. The van der Waals surface area contributed by atoms with Crippen LogP contribution < -0.4 is 15.4 Å². The van der Waals surface area contributed by atoms with E-state index >= 15 is 0 Å². The molecule has 0 aliphatic carbocycles. The molecular formula is C17H20N2O2. The first-order valence-corrected chi connectivity index (χ1v) is 6.92. The maximum atomic E-state index is 12.1. The van der Waals surface area contributed by atoms with Crippen molar-refractivity contribution in [3.63, 3.8) is 0 Å². The fourth-order valence-corrected chi connectivity index (χ4v) is 1.98. The lowest BCUT2D eigenvalue weighted by atomic mass is 10.2. The van der Waals surface area contributed by atoms with Crippen LogP contribution in [-0.2, 0) is 11.3 Å². The molecule has 0 heterocycles. The number of para-hydroxylation sites is 2. The molecule has 4 heteroatoms. The molecule has 110 valence electrons. The van der Waals surface area contributed by atoms with Gasteiger partial charge in [-0.15, -0.1) is 0 Å². The van der Waals surface area contributed by atoms with Crippen molar-refractivity contribution in [2.45, 2.75) is 19.5 Å². The molecule has 2 rings (SSSR count). The Morgan fingerprint density at radius 2 is 1.76 bits per heavy atom. The summed E-state index contributed by atoms with van der Waals surface area (Å²) in [4.78, 5) is 12.1. The predicted octanol–water partition coefficient (Wildman–Crippen LogP) is 2.81. The summed E-state index contributed by atoms with van der Waals surface area (Å²) in [5.41, 5.74) is 1.83. The first kappa shape index (κ1) is 15.1. The Balaban J connectivity index is 1.89. The number of hydrogen-bond donors (Lipinski definition) is 2. The van der Waals surface area contributed by atoms with Gasteiger partial charge in [0.25, 0.3) is 0 Å². The second-order valence-electron chi connectivity index (χ2n) is 4.77. The number of carbonyl (C=O) groups is 1. The smallest absolute Gasteiger partial charge is 0.241 e. The van der Waals surface area contributed by atoms with Crippen LogP contribution in [0, 0.1) is 0 Å². The number of hydrogen-bond acceptors (Lipinski definition) is 3. The zero-order valence-corrected chi connectivity index (χ0v) is 12.3.